The fourth-order valence-electron chi connectivity index (χ4n) is 2.12. The Labute approximate surface area is 120 Å². The van der Waals surface area contributed by atoms with Crippen LogP contribution in [0.5, 0.6) is 0 Å². The van der Waals surface area contributed by atoms with Gasteiger partial charge in [-0.15, -0.1) is 0 Å². The summed E-state index contributed by atoms with van der Waals surface area (Å²) in [4.78, 5) is 0. The first-order chi connectivity index (χ1) is 8.31. The van der Waals surface area contributed by atoms with Gasteiger partial charge in [0.25, 0.3) is 0 Å². The highest BCUT2D eigenvalue weighted by Crippen LogP contribution is 2.49. The lowest BCUT2D eigenvalue weighted by atomic mass is 9.95. The van der Waals surface area contributed by atoms with Crippen molar-refractivity contribution in [1.29, 1.82) is 0 Å². The Hall–Kier alpha value is -0.240. The first-order valence-electron chi connectivity index (χ1n) is 6.49. The maximum Gasteiger partial charge on any atom is 0.0453 e. The molecule has 1 nitrogen and oxygen atoms in total. The first kappa shape index (κ1) is 14.2. The minimum Gasteiger partial charge on any atom is -0.312 e. The number of hydrogen-bond donors (Lipinski definition) is 1. The zero-order valence-electron chi connectivity index (χ0n) is 11.3. The molecule has 1 aromatic rings. The molecule has 100 valence electrons. The lowest BCUT2D eigenvalue weighted by Gasteiger charge is -2.25. The van der Waals surface area contributed by atoms with Gasteiger partial charge in [-0.2, -0.15) is 0 Å². The SMILES string of the molecule is CC(C)(C)NCC1(Cc2c(Cl)cccc2Cl)CC1. The van der Waals surface area contributed by atoms with Crippen molar-refractivity contribution in [2.75, 3.05) is 6.54 Å². The molecule has 0 atom stereocenters. The van der Waals surface area contributed by atoms with E-state index >= 15 is 0 Å². The second-order valence-corrected chi connectivity index (χ2v) is 7.29. The topological polar surface area (TPSA) is 12.0 Å². The van der Waals surface area contributed by atoms with Gasteiger partial charge in [0.15, 0.2) is 0 Å². The van der Waals surface area contributed by atoms with Crippen molar-refractivity contribution in [3.8, 4) is 0 Å². The molecule has 0 saturated heterocycles. The molecule has 0 unspecified atom stereocenters. The van der Waals surface area contributed by atoms with Crippen LogP contribution in [0, 0.1) is 5.41 Å². The number of nitrogens with one attached hydrogen (secondary N) is 1. The summed E-state index contributed by atoms with van der Waals surface area (Å²) >= 11 is 12.5. The van der Waals surface area contributed by atoms with Crippen molar-refractivity contribution in [3.05, 3.63) is 33.8 Å². The zero-order chi connectivity index (χ0) is 13.4. The van der Waals surface area contributed by atoms with Gasteiger partial charge in [0.05, 0.1) is 0 Å². The van der Waals surface area contributed by atoms with Crippen LogP contribution in [0.1, 0.15) is 39.2 Å². The van der Waals surface area contributed by atoms with Crippen LogP contribution in [0.2, 0.25) is 10.0 Å². The third kappa shape index (κ3) is 3.63. The van der Waals surface area contributed by atoms with E-state index < -0.39 is 0 Å². The molecule has 1 aliphatic rings. The van der Waals surface area contributed by atoms with Gasteiger partial charge in [-0.05, 0) is 63.1 Å². The summed E-state index contributed by atoms with van der Waals surface area (Å²) in [6.07, 6.45) is 3.50. The molecule has 1 N–H and O–H groups in total. The molecular formula is C15H21Cl2N. The first-order valence-corrected chi connectivity index (χ1v) is 7.25. The van der Waals surface area contributed by atoms with Crippen molar-refractivity contribution in [2.24, 2.45) is 5.41 Å². The summed E-state index contributed by atoms with van der Waals surface area (Å²) < 4.78 is 0. The van der Waals surface area contributed by atoms with Crippen LogP contribution in [-0.4, -0.2) is 12.1 Å². The predicted molar refractivity (Wildman–Crippen MR) is 79.6 cm³/mol. The van der Waals surface area contributed by atoms with Gasteiger partial charge >= 0.3 is 0 Å². The van der Waals surface area contributed by atoms with Crippen molar-refractivity contribution in [2.45, 2.75) is 45.6 Å². The normalized spacial score (nSPS) is 17.8. The average molecular weight is 286 g/mol. The van der Waals surface area contributed by atoms with E-state index in [1.165, 1.54) is 12.8 Å². The molecule has 0 spiro atoms. The molecule has 0 aromatic heterocycles. The van der Waals surface area contributed by atoms with Gasteiger partial charge in [0, 0.05) is 22.1 Å². The summed E-state index contributed by atoms with van der Waals surface area (Å²) in [6, 6.07) is 5.76. The molecule has 0 amide bonds. The van der Waals surface area contributed by atoms with E-state index in [0.717, 1.165) is 28.6 Å². The standard InChI is InChI=1S/C15H21Cl2N/c1-14(2,3)18-10-15(7-8-15)9-11-12(16)5-4-6-13(11)17/h4-6,18H,7-10H2,1-3H3. The Balaban J connectivity index is 2.05. The van der Waals surface area contributed by atoms with E-state index in [1.807, 2.05) is 18.2 Å². The van der Waals surface area contributed by atoms with Crippen LogP contribution in [0.4, 0.5) is 0 Å². The molecule has 0 bridgehead atoms. The second-order valence-electron chi connectivity index (χ2n) is 6.48. The third-order valence-corrected chi connectivity index (χ3v) is 4.27. The van der Waals surface area contributed by atoms with Gasteiger partial charge in [0.1, 0.15) is 0 Å². The molecule has 3 heteroatoms. The van der Waals surface area contributed by atoms with E-state index in [4.69, 9.17) is 23.2 Å². The number of halogens is 2. The number of benzene rings is 1. The summed E-state index contributed by atoms with van der Waals surface area (Å²) in [5.74, 6) is 0. The van der Waals surface area contributed by atoms with E-state index in [9.17, 15) is 0 Å². The van der Waals surface area contributed by atoms with Crippen molar-refractivity contribution >= 4 is 23.2 Å². The van der Waals surface area contributed by atoms with Gasteiger partial charge in [-0.25, -0.2) is 0 Å². The lowest BCUT2D eigenvalue weighted by molar-refractivity contribution is 0.356. The second kappa shape index (κ2) is 5.03. The fraction of sp³-hybridized carbons (Fsp3) is 0.600. The molecule has 0 heterocycles. The number of rotatable bonds is 4. The molecular weight excluding hydrogens is 265 g/mol. The van der Waals surface area contributed by atoms with Gasteiger partial charge in [-0.1, -0.05) is 29.3 Å². The fourth-order valence-corrected chi connectivity index (χ4v) is 2.65. The van der Waals surface area contributed by atoms with Crippen molar-refractivity contribution in [3.63, 3.8) is 0 Å². The summed E-state index contributed by atoms with van der Waals surface area (Å²) in [7, 11) is 0. The summed E-state index contributed by atoms with van der Waals surface area (Å²) in [5, 5.41) is 5.19. The van der Waals surface area contributed by atoms with Crippen LogP contribution in [-0.2, 0) is 6.42 Å². The third-order valence-electron chi connectivity index (χ3n) is 3.56. The van der Waals surface area contributed by atoms with Gasteiger partial charge < -0.3 is 5.32 Å². The highest BCUT2D eigenvalue weighted by atomic mass is 35.5. The highest BCUT2D eigenvalue weighted by Gasteiger charge is 2.43. The summed E-state index contributed by atoms with van der Waals surface area (Å²) in [5.41, 5.74) is 1.64. The minimum absolute atomic E-state index is 0.167. The molecule has 0 aliphatic heterocycles. The Kier molecular flexibility index (Phi) is 3.96. The quantitative estimate of drug-likeness (QED) is 0.845. The molecule has 1 saturated carbocycles. The van der Waals surface area contributed by atoms with Crippen molar-refractivity contribution < 1.29 is 0 Å². The molecule has 1 aliphatic carbocycles. The zero-order valence-corrected chi connectivity index (χ0v) is 12.8. The van der Waals surface area contributed by atoms with Crippen LogP contribution in [0.25, 0.3) is 0 Å². The monoisotopic (exact) mass is 285 g/mol. The Morgan fingerprint density at radius 3 is 2.17 bits per heavy atom. The van der Waals surface area contributed by atoms with Crippen LogP contribution < -0.4 is 5.32 Å². The predicted octanol–water partition coefficient (Wildman–Crippen LogP) is 4.70. The lowest BCUT2D eigenvalue weighted by Crippen LogP contribution is -2.40. The maximum absolute atomic E-state index is 6.25. The van der Waals surface area contributed by atoms with E-state index in [2.05, 4.69) is 26.1 Å². The highest BCUT2D eigenvalue weighted by molar-refractivity contribution is 6.36. The molecule has 18 heavy (non-hydrogen) atoms. The molecule has 1 fully saturated rings. The van der Waals surface area contributed by atoms with E-state index in [1.54, 1.807) is 0 Å². The van der Waals surface area contributed by atoms with Crippen molar-refractivity contribution in [1.82, 2.24) is 5.32 Å². The smallest absolute Gasteiger partial charge is 0.0453 e. The average Bonchev–Trinajstić information content (AvgIpc) is 3.01. The molecule has 2 rings (SSSR count). The van der Waals surface area contributed by atoms with Crippen LogP contribution in [0.15, 0.2) is 18.2 Å². The Morgan fingerprint density at radius 1 is 1.17 bits per heavy atom. The Morgan fingerprint density at radius 2 is 1.72 bits per heavy atom. The maximum atomic E-state index is 6.25. The van der Waals surface area contributed by atoms with Gasteiger partial charge in [0.2, 0.25) is 0 Å². The van der Waals surface area contributed by atoms with E-state index in [0.29, 0.717) is 5.41 Å². The summed E-state index contributed by atoms with van der Waals surface area (Å²) in [6.45, 7) is 7.64. The molecule has 0 radical (unpaired) electrons. The van der Waals surface area contributed by atoms with E-state index in [-0.39, 0.29) is 5.54 Å². The molecule has 1 aromatic carbocycles. The van der Waals surface area contributed by atoms with Crippen LogP contribution >= 0.6 is 23.2 Å². The van der Waals surface area contributed by atoms with Gasteiger partial charge in [-0.3, -0.25) is 0 Å². The Bertz CT molecular complexity index is 410. The van der Waals surface area contributed by atoms with Crippen LogP contribution in [0.3, 0.4) is 0 Å². The largest absolute Gasteiger partial charge is 0.312 e. The number of hydrogen-bond acceptors (Lipinski definition) is 1. The minimum atomic E-state index is 0.167.